The van der Waals surface area contributed by atoms with Crippen LogP contribution in [0.1, 0.15) is 6.42 Å². The number of para-hydroxylation sites is 1. The van der Waals surface area contributed by atoms with Gasteiger partial charge >= 0.3 is 0 Å². The summed E-state index contributed by atoms with van der Waals surface area (Å²) in [6.45, 7) is -0.106. The number of nitrogens with zero attached hydrogens (tertiary/aromatic N) is 1. The fraction of sp³-hybridized carbons (Fsp3) is 0.250. The number of benzene rings is 2. The van der Waals surface area contributed by atoms with Gasteiger partial charge in [0.2, 0.25) is 17.7 Å². The van der Waals surface area contributed by atoms with Gasteiger partial charge in [-0.2, -0.15) is 0 Å². The Morgan fingerprint density at radius 3 is 2.79 bits per heavy atom. The molecule has 0 spiro atoms. The van der Waals surface area contributed by atoms with Crippen molar-refractivity contribution in [3.8, 4) is 5.75 Å². The molecule has 0 saturated heterocycles. The van der Waals surface area contributed by atoms with Crippen molar-refractivity contribution in [2.75, 3.05) is 31.3 Å². The van der Waals surface area contributed by atoms with E-state index in [-0.39, 0.29) is 30.7 Å². The minimum Gasteiger partial charge on any atom is -0.497 e. The number of carbonyl (C=O) groups excluding carboxylic acids is 3. The van der Waals surface area contributed by atoms with Crippen molar-refractivity contribution in [3.05, 3.63) is 48.5 Å². The maximum absolute atomic E-state index is 12.5. The highest BCUT2D eigenvalue weighted by Crippen LogP contribution is 2.36. The predicted octanol–water partition coefficient (Wildman–Crippen LogP) is 2.60. The molecule has 0 saturated carbocycles. The molecule has 3 amide bonds. The zero-order chi connectivity index (χ0) is 20.1. The van der Waals surface area contributed by atoms with Gasteiger partial charge in [0.1, 0.15) is 5.75 Å². The number of anilines is 2. The smallest absolute Gasteiger partial charge is 0.243 e. The molecule has 0 aliphatic carbocycles. The maximum atomic E-state index is 12.5. The molecule has 0 bridgehead atoms. The number of rotatable bonds is 6. The fourth-order valence-electron chi connectivity index (χ4n) is 2.75. The zero-order valence-electron chi connectivity index (χ0n) is 15.6. The number of hydrogen-bond acceptors (Lipinski definition) is 5. The second kappa shape index (κ2) is 8.79. The molecule has 2 aromatic carbocycles. The average molecular weight is 399 g/mol. The van der Waals surface area contributed by atoms with Crippen molar-refractivity contribution in [2.24, 2.45) is 0 Å². The molecule has 7 nitrogen and oxygen atoms in total. The lowest BCUT2D eigenvalue weighted by atomic mass is 10.2. The van der Waals surface area contributed by atoms with E-state index in [9.17, 15) is 14.4 Å². The lowest BCUT2D eigenvalue weighted by Crippen LogP contribution is -2.39. The van der Waals surface area contributed by atoms with E-state index in [0.717, 1.165) is 10.6 Å². The van der Waals surface area contributed by atoms with E-state index in [1.807, 2.05) is 24.3 Å². The Bertz CT molecular complexity index is 903. The number of carbonyl (C=O) groups is 3. The van der Waals surface area contributed by atoms with E-state index < -0.39 is 5.25 Å². The molecule has 0 unspecified atom stereocenters. The summed E-state index contributed by atoms with van der Waals surface area (Å²) in [5, 5.41) is 5.03. The Morgan fingerprint density at radius 2 is 2.00 bits per heavy atom. The Balaban J connectivity index is 1.54. The van der Waals surface area contributed by atoms with E-state index >= 15 is 0 Å². The van der Waals surface area contributed by atoms with Gasteiger partial charge in [-0.15, -0.1) is 11.8 Å². The van der Waals surface area contributed by atoms with Crippen LogP contribution in [0.2, 0.25) is 0 Å². The van der Waals surface area contributed by atoms with Crippen molar-refractivity contribution < 1.29 is 19.1 Å². The van der Waals surface area contributed by atoms with Crippen molar-refractivity contribution >= 4 is 40.9 Å². The molecule has 1 heterocycles. The third kappa shape index (κ3) is 4.83. The average Bonchev–Trinajstić information content (AvgIpc) is 2.68. The summed E-state index contributed by atoms with van der Waals surface area (Å²) in [7, 11) is 3.10. The summed E-state index contributed by atoms with van der Waals surface area (Å²) in [4.78, 5) is 39.2. The summed E-state index contributed by atoms with van der Waals surface area (Å²) in [5.41, 5.74) is 1.34. The highest BCUT2D eigenvalue weighted by Gasteiger charge is 2.30. The largest absolute Gasteiger partial charge is 0.497 e. The molecule has 0 aromatic heterocycles. The minimum absolute atomic E-state index is 0.0216. The molecule has 28 heavy (non-hydrogen) atoms. The lowest BCUT2D eigenvalue weighted by molar-refractivity contribution is -0.134. The zero-order valence-corrected chi connectivity index (χ0v) is 16.4. The summed E-state index contributed by atoms with van der Waals surface area (Å²) in [5.74, 6) is -0.169. The van der Waals surface area contributed by atoms with Crippen LogP contribution in [0.15, 0.2) is 53.4 Å². The van der Waals surface area contributed by atoms with E-state index in [1.54, 1.807) is 38.4 Å². The van der Waals surface area contributed by atoms with E-state index in [0.29, 0.717) is 11.4 Å². The van der Waals surface area contributed by atoms with Gasteiger partial charge in [-0.05, 0) is 24.3 Å². The molecule has 1 atom stereocenters. The second-order valence-corrected chi connectivity index (χ2v) is 7.57. The van der Waals surface area contributed by atoms with Crippen molar-refractivity contribution in [1.29, 1.82) is 0 Å². The molecule has 3 rings (SSSR count). The van der Waals surface area contributed by atoms with Crippen LogP contribution >= 0.6 is 11.8 Å². The van der Waals surface area contributed by atoms with Crippen LogP contribution < -0.4 is 15.4 Å². The minimum atomic E-state index is -0.522. The molecule has 0 radical (unpaired) electrons. The van der Waals surface area contributed by atoms with Gasteiger partial charge in [-0.1, -0.05) is 18.2 Å². The molecule has 146 valence electrons. The van der Waals surface area contributed by atoms with Crippen LogP contribution in [-0.4, -0.2) is 48.6 Å². The first kappa shape index (κ1) is 19.8. The lowest BCUT2D eigenvalue weighted by Gasteiger charge is -2.25. The summed E-state index contributed by atoms with van der Waals surface area (Å²) in [6, 6.07) is 14.4. The van der Waals surface area contributed by atoms with Gasteiger partial charge in [0.15, 0.2) is 0 Å². The molecule has 2 aromatic rings. The van der Waals surface area contributed by atoms with Gasteiger partial charge in [0.05, 0.1) is 24.6 Å². The highest BCUT2D eigenvalue weighted by atomic mass is 32.2. The third-order valence-corrected chi connectivity index (χ3v) is 5.50. The first-order valence-corrected chi connectivity index (χ1v) is 9.58. The van der Waals surface area contributed by atoms with Gasteiger partial charge in [-0.3, -0.25) is 14.4 Å². The van der Waals surface area contributed by atoms with Gasteiger partial charge in [0, 0.05) is 30.1 Å². The summed E-state index contributed by atoms with van der Waals surface area (Å²) in [6.07, 6.45) is 0.0216. The quantitative estimate of drug-likeness (QED) is 0.780. The molecule has 1 aliphatic heterocycles. The maximum Gasteiger partial charge on any atom is 0.243 e. The van der Waals surface area contributed by atoms with Crippen LogP contribution in [0.4, 0.5) is 11.4 Å². The van der Waals surface area contributed by atoms with Crippen LogP contribution in [0.25, 0.3) is 0 Å². The van der Waals surface area contributed by atoms with Crippen LogP contribution in [0.5, 0.6) is 5.75 Å². The molecule has 0 fully saturated rings. The number of thioether (sulfide) groups is 1. The molecular weight excluding hydrogens is 378 g/mol. The SMILES string of the molecule is COc1cccc(NC(=O)CN(C)C(=O)C[C@H]2Sc3ccccc3NC2=O)c1. The number of fused-ring (bicyclic) bond motifs is 1. The topological polar surface area (TPSA) is 87.7 Å². The summed E-state index contributed by atoms with van der Waals surface area (Å²) < 4.78 is 5.12. The first-order valence-electron chi connectivity index (χ1n) is 8.70. The first-order chi connectivity index (χ1) is 13.5. The Labute approximate surface area is 167 Å². The number of hydrogen-bond donors (Lipinski definition) is 2. The van der Waals surface area contributed by atoms with E-state index in [2.05, 4.69) is 10.6 Å². The molecule has 8 heteroatoms. The second-order valence-electron chi connectivity index (χ2n) is 6.33. The van der Waals surface area contributed by atoms with Crippen LogP contribution in [-0.2, 0) is 14.4 Å². The monoisotopic (exact) mass is 399 g/mol. The highest BCUT2D eigenvalue weighted by molar-refractivity contribution is 8.01. The number of methoxy groups -OCH3 is 1. The number of ether oxygens (including phenoxy) is 1. The fourth-order valence-corrected chi connectivity index (χ4v) is 3.85. The Hall–Kier alpha value is -3.00. The molecular formula is C20H21N3O4S. The molecule has 2 N–H and O–H groups in total. The standard InChI is InChI=1S/C20H21N3O4S/c1-23(12-18(24)21-13-6-5-7-14(10-13)27-2)19(25)11-17-20(26)22-15-8-3-4-9-16(15)28-17/h3-10,17H,11-12H2,1-2H3,(H,21,24)(H,22,26)/t17-/m1/s1. The number of nitrogens with one attached hydrogen (secondary N) is 2. The van der Waals surface area contributed by atoms with Gasteiger partial charge in [0.25, 0.3) is 0 Å². The normalized spacial score (nSPS) is 15.2. The Morgan fingerprint density at radius 1 is 1.21 bits per heavy atom. The third-order valence-electron chi connectivity index (χ3n) is 4.23. The van der Waals surface area contributed by atoms with Crippen molar-refractivity contribution in [3.63, 3.8) is 0 Å². The van der Waals surface area contributed by atoms with Crippen LogP contribution in [0, 0.1) is 0 Å². The van der Waals surface area contributed by atoms with Crippen LogP contribution in [0.3, 0.4) is 0 Å². The van der Waals surface area contributed by atoms with Gasteiger partial charge in [-0.25, -0.2) is 0 Å². The van der Waals surface area contributed by atoms with Gasteiger partial charge < -0.3 is 20.3 Å². The van der Waals surface area contributed by atoms with E-state index in [1.165, 1.54) is 16.7 Å². The molecule has 1 aliphatic rings. The predicted molar refractivity (Wildman–Crippen MR) is 109 cm³/mol. The Kier molecular flexibility index (Phi) is 6.20. The van der Waals surface area contributed by atoms with E-state index in [4.69, 9.17) is 4.74 Å². The number of amides is 3. The summed E-state index contributed by atoms with van der Waals surface area (Å²) >= 11 is 1.36. The van der Waals surface area contributed by atoms with Crippen molar-refractivity contribution in [2.45, 2.75) is 16.6 Å². The van der Waals surface area contributed by atoms with Crippen molar-refractivity contribution in [1.82, 2.24) is 4.90 Å². The number of likely N-dealkylation sites (N-methyl/N-ethyl adjacent to an activating group) is 1.